The SMILES string of the molecule is CCC(=O)c1c(CC)c(CC(N)=O)c2ccccn12. The number of rotatable bonds is 5. The van der Waals surface area contributed by atoms with Gasteiger partial charge in [-0.2, -0.15) is 0 Å². The lowest BCUT2D eigenvalue weighted by Crippen LogP contribution is -2.14. The minimum atomic E-state index is -0.374. The largest absolute Gasteiger partial charge is 0.369 e. The highest BCUT2D eigenvalue weighted by molar-refractivity contribution is 5.98. The summed E-state index contributed by atoms with van der Waals surface area (Å²) in [5.41, 5.74) is 8.74. The Morgan fingerprint density at radius 1 is 1.21 bits per heavy atom. The molecule has 0 radical (unpaired) electrons. The number of nitrogens with two attached hydrogens (primary N) is 1. The number of hydrogen-bond donors (Lipinski definition) is 1. The van der Waals surface area contributed by atoms with E-state index in [0.29, 0.717) is 18.5 Å². The van der Waals surface area contributed by atoms with Crippen LogP contribution in [-0.2, 0) is 17.6 Å². The number of fused-ring (bicyclic) bond motifs is 1. The summed E-state index contributed by atoms with van der Waals surface area (Å²) in [4.78, 5) is 23.4. The number of hydrogen-bond acceptors (Lipinski definition) is 2. The molecule has 0 fully saturated rings. The van der Waals surface area contributed by atoms with Crippen LogP contribution in [0.25, 0.3) is 5.52 Å². The highest BCUT2D eigenvalue weighted by Gasteiger charge is 2.21. The molecule has 0 saturated heterocycles. The van der Waals surface area contributed by atoms with Gasteiger partial charge in [0.1, 0.15) is 0 Å². The van der Waals surface area contributed by atoms with E-state index in [-0.39, 0.29) is 18.1 Å². The van der Waals surface area contributed by atoms with Crippen molar-refractivity contribution in [2.24, 2.45) is 5.73 Å². The molecule has 2 aromatic heterocycles. The van der Waals surface area contributed by atoms with Crippen molar-refractivity contribution in [2.75, 3.05) is 0 Å². The lowest BCUT2D eigenvalue weighted by molar-refractivity contribution is -0.117. The summed E-state index contributed by atoms with van der Waals surface area (Å²) < 4.78 is 1.88. The second-order valence-electron chi connectivity index (χ2n) is 4.53. The zero-order valence-corrected chi connectivity index (χ0v) is 11.3. The average Bonchev–Trinajstić information content (AvgIpc) is 2.71. The molecule has 2 N–H and O–H groups in total. The van der Waals surface area contributed by atoms with E-state index >= 15 is 0 Å². The van der Waals surface area contributed by atoms with Crippen LogP contribution in [0, 0.1) is 0 Å². The molecule has 0 aromatic carbocycles. The van der Waals surface area contributed by atoms with Crippen LogP contribution in [0.4, 0.5) is 0 Å². The van der Waals surface area contributed by atoms with Crippen LogP contribution >= 0.6 is 0 Å². The minimum Gasteiger partial charge on any atom is -0.369 e. The quantitative estimate of drug-likeness (QED) is 0.835. The van der Waals surface area contributed by atoms with Crippen molar-refractivity contribution in [1.82, 2.24) is 4.40 Å². The number of primary amides is 1. The van der Waals surface area contributed by atoms with E-state index < -0.39 is 0 Å². The molecule has 0 atom stereocenters. The van der Waals surface area contributed by atoms with Crippen LogP contribution < -0.4 is 5.73 Å². The highest BCUT2D eigenvalue weighted by Crippen LogP contribution is 2.26. The third-order valence-electron chi connectivity index (χ3n) is 3.35. The fraction of sp³-hybridized carbons (Fsp3) is 0.333. The molecule has 100 valence electrons. The zero-order valence-electron chi connectivity index (χ0n) is 11.3. The summed E-state index contributed by atoms with van der Waals surface area (Å²) in [5.74, 6) is -0.282. The molecule has 0 unspecified atom stereocenters. The Morgan fingerprint density at radius 3 is 2.53 bits per heavy atom. The van der Waals surface area contributed by atoms with Crippen LogP contribution in [0.2, 0.25) is 0 Å². The first-order valence-electron chi connectivity index (χ1n) is 6.52. The molecular weight excluding hydrogens is 240 g/mol. The van der Waals surface area contributed by atoms with Gasteiger partial charge >= 0.3 is 0 Å². The number of amides is 1. The molecule has 2 heterocycles. The molecule has 19 heavy (non-hydrogen) atoms. The van der Waals surface area contributed by atoms with Gasteiger partial charge < -0.3 is 10.1 Å². The number of Topliss-reactive ketones (excluding diaryl/α,β-unsaturated/α-hetero) is 1. The topological polar surface area (TPSA) is 64.6 Å². The summed E-state index contributed by atoms with van der Waals surface area (Å²) in [6, 6.07) is 5.70. The van der Waals surface area contributed by atoms with Crippen molar-refractivity contribution in [3.63, 3.8) is 0 Å². The third-order valence-corrected chi connectivity index (χ3v) is 3.35. The monoisotopic (exact) mass is 258 g/mol. The predicted octanol–water partition coefficient (Wildman–Crippen LogP) is 2.12. The molecule has 0 aliphatic heterocycles. The van der Waals surface area contributed by atoms with E-state index in [1.165, 1.54) is 0 Å². The molecule has 1 amide bonds. The third kappa shape index (κ3) is 2.26. The Hall–Kier alpha value is -2.10. The molecule has 0 bridgehead atoms. The van der Waals surface area contributed by atoms with Crippen LogP contribution in [0.3, 0.4) is 0 Å². The summed E-state index contributed by atoms with van der Waals surface area (Å²) in [7, 11) is 0. The van der Waals surface area contributed by atoms with E-state index in [1.54, 1.807) is 0 Å². The smallest absolute Gasteiger partial charge is 0.221 e. The number of pyridine rings is 1. The molecular formula is C15H18N2O2. The fourth-order valence-corrected chi connectivity index (χ4v) is 2.55. The van der Waals surface area contributed by atoms with Gasteiger partial charge in [0.2, 0.25) is 5.91 Å². The van der Waals surface area contributed by atoms with Gasteiger partial charge in [-0.05, 0) is 29.7 Å². The average molecular weight is 258 g/mol. The maximum absolute atomic E-state index is 12.2. The van der Waals surface area contributed by atoms with Gasteiger partial charge in [0.15, 0.2) is 5.78 Å². The first-order chi connectivity index (χ1) is 9.10. The first-order valence-corrected chi connectivity index (χ1v) is 6.52. The second-order valence-corrected chi connectivity index (χ2v) is 4.53. The lowest BCUT2D eigenvalue weighted by atomic mass is 10.0. The second kappa shape index (κ2) is 5.26. The molecule has 4 heteroatoms. The van der Waals surface area contributed by atoms with Crippen LogP contribution in [0.15, 0.2) is 24.4 Å². The minimum absolute atomic E-state index is 0.0915. The van der Waals surface area contributed by atoms with Gasteiger partial charge in [-0.3, -0.25) is 9.59 Å². The van der Waals surface area contributed by atoms with Gasteiger partial charge in [0.25, 0.3) is 0 Å². The Morgan fingerprint density at radius 2 is 1.95 bits per heavy atom. The number of ketones is 1. The van der Waals surface area contributed by atoms with Crippen molar-refractivity contribution in [1.29, 1.82) is 0 Å². The van der Waals surface area contributed by atoms with E-state index in [9.17, 15) is 9.59 Å². The summed E-state index contributed by atoms with van der Waals surface area (Å²) in [6.07, 6.45) is 3.20. The first kappa shape index (κ1) is 13.3. The Labute approximate surface area is 112 Å². The van der Waals surface area contributed by atoms with Crippen molar-refractivity contribution >= 4 is 17.2 Å². The van der Waals surface area contributed by atoms with E-state index in [2.05, 4.69) is 0 Å². The maximum atomic E-state index is 12.2. The van der Waals surface area contributed by atoms with Gasteiger partial charge in [-0.1, -0.05) is 19.9 Å². The fourth-order valence-electron chi connectivity index (χ4n) is 2.55. The van der Waals surface area contributed by atoms with Crippen molar-refractivity contribution in [3.8, 4) is 0 Å². The summed E-state index contributed by atoms with van der Waals surface area (Å²) >= 11 is 0. The number of carbonyl (C=O) groups excluding carboxylic acids is 2. The predicted molar refractivity (Wildman–Crippen MR) is 74.3 cm³/mol. The number of carbonyl (C=O) groups is 2. The molecule has 0 aliphatic carbocycles. The number of aromatic nitrogens is 1. The highest BCUT2D eigenvalue weighted by atomic mass is 16.1. The molecule has 4 nitrogen and oxygen atoms in total. The Kier molecular flexibility index (Phi) is 3.69. The van der Waals surface area contributed by atoms with Gasteiger partial charge in [0, 0.05) is 18.1 Å². The van der Waals surface area contributed by atoms with Crippen LogP contribution in [0.5, 0.6) is 0 Å². The van der Waals surface area contributed by atoms with Crippen molar-refractivity contribution < 1.29 is 9.59 Å². The molecule has 0 spiro atoms. The Bertz CT molecular complexity index is 641. The summed E-state index contributed by atoms with van der Waals surface area (Å²) in [6.45, 7) is 3.84. The van der Waals surface area contributed by atoms with E-state index in [1.807, 2.05) is 42.6 Å². The lowest BCUT2D eigenvalue weighted by Gasteiger charge is -2.03. The molecule has 0 aliphatic rings. The van der Waals surface area contributed by atoms with Crippen LogP contribution in [0.1, 0.15) is 41.9 Å². The van der Waals surface area contributed by atoms with E-state index in [0.717, 1.165) is 16.6 Å². The molecule has 2 aromatic rings. The standard InChI is InChI=1S/C15H18N2O2/c1-3-10-11(9-14(16)19)12-7-5-6-8-17(12)15(10)13(18)4-2/h5-8H,3-4,9H2,1-2H3,(H2,16,19). The van der Waals surface area contributed by atoms with Gasteiger partial charge in [-0.15, -0.1) is 0 Å². The zero-order chi connectivity index (χ0) is 14.0. The van der Waals surface area contributed by atoms with Crippen LogP contribution in [-0.4, -0.2) is 16.1 Å². The van der Waals surface area contributed by atoms with Gasteiger partial charge in [-0.25, -0.2) is 0 Å². The van der Waals surface area contributed by atoms with Gasteiger partial charge in [0.05, 0.1) is 12.1 Å². The van der Waals surface area contributed by atoms with Crippen molar-refractivity contribution in [3.05, 3.63) is 41.2 Å². The number of nitrogens with zero attached hydrogens (tertiary/aromatic N) is 1. The van der Waals surface area contributed by atoms with E-state index in [4.69, 9.17) is 5.73 Å². The van der Waals surface area contributed by atoms with Crippen molar-refractivity contribution in [2.45, 2.75) is 33.1 Å². The molecule has 2 rings (SSSR count). The maximum Gasteiger partial charge on any atom is 0.221 e. The normalized spacial score (nSPS) is 10.8. The Balaban J connectivity index is 2.79. The summed E-state index contributed by atoms with van der Waals surface area (Å²) in [5, 5.41) is 0. The molecule has 0 saturated carbocycles.